The van der Waals surface area contributed by atoms with Crippen LogP contribution in [0.1, 0.15) is 16.8 Å². The van der Waals surface area contributed by atoms with Gasteiger partial charge in [-0.15, -0.1) is 11.3 Å². The molecule has 1 heterocycles. The van der Waals surface area contributed by atoms with E-state index in [-0.39, 0.29) is 6.10 Å². The predicted octanol–water partition coefficient (Wildman–Crippen LogP) is 2.64. The lowest BCUT2D eigenvalue weighted by atomic mass is 10.3. The summed E-state index contributed by atoms with van der Waals surface area (Å²) in [7, 11) is 3.41. The molecule has 1 atom stereocenters. The molecule has 6 nitrogen and oxygen atoms in total. The average molecular weight is 362 g/mol. The van der Waals surface area contributed by atoms with Gasteiger partial charge in [0, 0.05) is 37.2 Å². The lowest BCUT2D eigenvalue weighted by Crippen LogP contribution is -2.42. The molecule has 0 amide bonds. The summed E-state index contributed by atoms with van der Waals surface area (Å²) in [5, 5.41) is 7.70. The second-order valence-electron chi connectivity index (χ2n) is 5.60. The first kappa shape index (κ1) is 19.1. The quantitative estimate of drug-likeness (QED) is 0.558. The van der Waals surface area contributed by atoms with Gasteiger partial charge in [0.2, 0.25) is 0 Å². The zero-order valence-corrected chi connectivity index (χ0v) is 16.0. The van der Waals surface area contributed by atoms with Gasteiger partial charge in [0.25, 0.3) is 0 Å². The predicted molar refractivity (Wildman–Crippen MR) is 103 cm³/mol. The zero-order valence-electron chi connectivity index (χ0n) is 15.2. The second kappa shape index (κ2) is 9.88. The summed E-state index contributed by atoms with van der Waals surface area (Å²) < 4.78 is 11.1. The molecule has 0 radical (unpaired) electrons. The van der Waals surface area contributed by atoms with E-state index in [9.17, 15) is 0 Å². The van der Waals surface area contributed by atoms with Crippen LogP contribution in [0.4, 0.5) is 0 Å². The van der Waals surface area contributed by atoms with Crippen LogP contribution in [-0.4, -0.2) is 44.3 Å². The van der Waals surface area contributed by atoms with E-state index in [1.165, 1.54) is 4.88 Å². The zero-order chi connectivity index (χ0) is 18.1. The number of aromatic nitrogens is 1. The van der Waals surface area contributed by atoms with Crippen LogP contribution in [0.2, 0.25) is 0 Å². The molecule has 0 bridgehead atoms. The third-order valence-electron chi connectivity index (χ3n) is 3.46. The Kier molecular flexibility index (Phi) is 7.53. The van der Waals surface area contributed by atoms with Crippen LogP contribution in [0, 0.1) is 6.92 Å². The van der Waals surface area contributed by atoms with Crippen molar-refractivity contribution < 1.29 is 9.47 Å². The lowest BCUT2D eigenvalue weighted by molar-refractivity contribution is 0.223. The maximum Gasteiger partial charge on any atom is 0.191 e. The third-order valence-corrected chi connectivity index (χ3v) is 4.43. The number of ether oxygens (including phenoxy) is 2. The van der Waals surface area contributed by atoms with Crippen LogP contribution in [0.25, 0.3) is 0 Å². The number of aliphatic imine (C=N–C) groups is 1. The maximum absolute atomic E-state index is 5.89. The average Bonchev–Trinajstić information content (AvgIpc) is 3.03. The number of guanidine groups is 1. The Morgan fingerprint density at radius 2 is 2.12 bits per heavy atom. The monoisotopic (exact) mass is 362 g/mol. The highest BCUT2D eigenvalue weighted by Crippen LogP contribution is 2.19. The first-order valence-corrected chi connectivity index (χ1v) is 9.09. The van der Waals surface area contributed by atoms with E-state index >= 15 is 0 Å². The fraction of sp³-hybridized carbons (Fsp3) is 0.444. The Hall–Kier alpha value is -2.28. The fourth-order valence-electron chi connectivity index (χ4n) is 2.21. The first-order valence-electron chi connectivity index (χ1n) is 8.27. The van der Waals surface area contributed by atoms with Gasteiger partial charge in [-0.1, -0.05) is 6.07 Å². The van der Waals surface area contributed by atoms with Crippen molar-refractivity contribution in [2.75, 3.05) is 27.2 Å². The molecule has 0 aliphatic rings. The lowest BCUT2D eigenvalue weighted by Gasteiger charge is -2.18. The van der Waals surface area contributed by atoms with Crippen LogP contribution in [0.3, 0.4) is 0 Å². The van der Waals surface area contributed by atoms with Gasteiger partial charge >= 0.3 is 0 Å². The summed E-state index contributed by atoms with van der Waals surface area (Å²) >= 11 is 1.73. The van der Waals surface area contributed by atoms with Crippen molar-refractivity contribution >= 4 is 17.3 Å². The van der Waals surface area contributed by atoms with Gasteiger partial charge in [0.15, 0.2) is 5.96 Å². The summed E-state index contributed by atoms with van der Waals surface area (Å²) in [6.07, 6.45) is 2.78. The molecular formula is C18H26N4O2S. The highest BCUT2D eigenvalue weighted by molar-refractivity contribution is 7.11. The van der Waals surface area contributed by atoms with Crippen LogP contribution in [0.15, 0.2) is 35.5 Å². The number of thiazole rings is 1. The molecule has 0 aliphatic heterocycles. The molecule has 2 aromatic rings. The van der Waals surface area contributed by atoms with Gasteiger partial charge in [-0.25, -0.2) is 4.98 Å². The number of methoxy groups -OCH3 is 1. The minimum atomic E-state index is -0.00716. The van der Waals surface area contributed by atoms with E-state index in [2.05, 4.69) is 27.5 Å². The molecule has 0 saturated heterocycles. The van der Waals surface area contributed by atoms with Crippen molar-refractivity contribution in [1.29, 1.82) is 0 Å². The van der Waals surface area contributed by atoms with E-state index in [1.54, 1.807) is 25.5 Å². The molecule has 1 aromatic heterocycles. The van der Waals surface area contributed by atoms with Crippen molar-refractivity contribution in [3.63, 3.8) is 0 Å². The van der Waals surface area contributed by atoms with Gasteiger partial charge in [-0.3, -0.25) is 4.99 Å². The highest BCUT2D eigenvalue weighted by atomic mass is 32.1. The topological polar surface area (TPSA) is 67.8 Å². The first-order chi connectivity index (χ1) is 12.1. The van der Waals surface area contributed by atoms with Crippen molar-refractivity contribution in [3.05, 3.63) is 40.3 Å². The van der Waals surface area contributed by atoms with Crippen molar-refractivity contribution in [1.82, 2.24) is 15.6 Å². The SMILES string of the molecule is CN=C(NCCc1ncc(C)s1)NCC(C)Oc1cccc(OC)c1. The minimum Gasteiger partial charge on any atom is -0.497 e. The minimum absolute atomic E-state index is 0.00716. The summed E-state index contributed by atoms with van der Waals surface area (Å²) in [5.41, 5.74) is 0. The van der Waals surface area contributed by atoms with Gasteiger partial charge in [-0.05, 0) is 26.0 Å². The molecule has 1 unspecified atom stereocenters. The third kappa shape index (κ3) is 6.62. The molecule has 2 N–H and O–H groups in total. The van der Waals surface area contributed by atoms with Crippen LogP contribution in [-0.2, 0) is 6.42 Å². The number of nitrogens with one attached hydrogen (secondary N) is 2. The van der Waals surface area contributed by atoms with E-state index in [1.807, 2.05) is 37.4 Å². The van der Waals surface area contributed by atoms with Crippen molar-refractivity contribution in [2.24, 2.45) is 4.99 Å². The Labute approximate surface area is 153 Å². The van der Waals surface area contributed by atoms with E-state index in [0.29, 0.717) is 6.54 Å². The summed E-state index contributed by atoms with van der Waals surface area (Å²) in [4.78, 5) is 9.83. The van der Waals surface area contributed by atoms with Crippen LogP contribution in [0.5, 0.6) is 11.5 Å². The highest BCUT2D eigenvalue weighted by Gasteiger charge is 2.07. The fourth-order valence-corrected chi connectivity index (χ4v) is 3.00. The molecule has 0 aliphatic carbocycles. The van der Waals surface area contributed by atoms with Crippen molar-refractivity contribution in [3.8, 4) is 11.5 Å². The number of nitrogens with zero attached hydrogens (tertiary/aromatic N) is 2. The molecule has 136 valence electrons. The Morgan fingerprint density at radius 3 is 2.80 bits per heavy atom. The molecule has 1 aromatic carbocycles. The smallest absolute Gasteiger partial charge is 0.191 e. The molecule has 7 heteroatoms. The molecule has 2 rings (SSSR count). The number of rotatable bonds is 8. The maximum atomic E-state index is 5.89. The normalized spacial score (nSPS) is 12.6. The molecule has 0 fully saturated rings. The van der Waals surface area contributed by atoms with Crippen molar-refractivity contribution in [2.45, 2.75) is 26.4 Å². The van der Waals surface area contributed by atoms with Gasteiger partial charge < -0.3 is 20.1 Å². The van der Waals surface area contributed by atoms with Crippen LogP contribution < -0.4 is 20.1 Å². The largest absolute Gasteiger partial charge is 0.497 e. The van der Waals surface area contributed by atoms with E-state index < -0.39 is 0 Å². The Bertz CT molecular complexity index is 687. The molecular weight excluding hydrogens is 336 g/mol. The molecule has 25 heavy (non-hydrogen) atoms. The number of benzene rings is 1. The molecule has 0 saturated carbocycles. The van der Waals surface area contributed by atoms with Gasteiger partial charge in [-0.2, -0.15) is 0 Å². The van der Waals surface area contributed by atoms with Gasteiger partial charge in [0.1, 0.15) is 17.6 Å². The number of hydrogen-bond donors (Lipinski definition) is 2. The summed E-state index contributed by atoms with van der Waals surface area (Å²) in [5.74, 6) is 2.33. The Morgan fingerprint density at radius 1 is 1.32 bits per heavy atom. The van der Waals surface area contributed by atoms with E-state index in [0.717, 1.165) is 35.4 Å². The summed E-state index contributed by atoms with van der Waals surface area (Å²) in [6.45, 7) is 5.52. The standard InChI is InChI=1S/C18H26N4O2S/c1-13(24-16-7-5-6-15(10-16)23-4)11-22-18(19-3)20-9-8-17-21-12-14(2)25-17/h5-7,10,12-13H,8-9,11H2,1-4H3,(H2,19,20,22). The second-order valence-corrected chi connectivity index (χ2v) is 6.92. The molecule has 0 spiro atoms. The van der Waals surface area contributed by atoms with E-state index in [4.69, 9.17) is 9.47 Å². The van der Waals surface area contributed by atoms with Gasteiger partial charge in [0.05, 0.1) is 18.7 Å². The summed E-state index contributed by atoms with van der Waals surface area (Å²) in [6, 6.07) is 7.60. The number of hydrogen-bond acceptors (Lipinski definition) is 5. The van der Waals surface area contributed by atoms with Crippen LogP contribution >= 0.6 is 11.3 Å². The number of aryl methyl sites for hydroxylation is 1. The Balaban J connectivity index is 1.71.